The quantitative estimate of drug-likeness (QED) is 0.499. The molecule has 4 rings (SSSR count). The van der Waals surface area contributed by atoms with Crippen molar-refractivity contribution in [2.45, 2.75) is 12.7 Å². The first-order valence-corrected chi connectivity index (χ1v) is 8.69. The molecule has 1 aromatic heterocycles. The molecule has 0 unspecified atom stereocenters. The fourth-order valence-corrected chi connectivity index (χ4v) is 3.45. The van der Waals surface area contributed by atoms with Crippen molar-refractivity contribution in [3.63, 3.8) is 0 Å². The fraction of sp³-hybridized carbons (Fsp3) is 0.105. The number of phenols is 1. The number of hydrogen-bond acceptors (Lipinski definition) is 6. The third kappa shape index (κ3) is 3.03. The Bertz CT molecular complexity index is 1070. The Morgan fingerprint density at radius 3 is 2.75 bits per heavy atom. The van der Waals surface area contributed by atoms with Gasteiger partial charge in [-0.1, -0.05) is 23.7 Å². The maximum Gasteiger partial charge on any atom is 0.312 e. The van der Waals surface area contributed by atoms with Crippen molar-refractivity contribution >= 4 is 28.9 Å². The number of nitro benzene ring substituents is 1. The summed E-state index contributed by atoms with van der Waals surface area (Å²) in [5, 5.41) is 25.0. The fourth-order valence-electron chi connectivity index (χ4n) is 3.22. The number of fused-ring (bicyclic) bond motifs is 1. The van der Waals surface area contributed by atoms with E-state index in [1.165, 1.54) is 17.2 Å². The highest BCUT2D eigenvalue weighted by atomic mass is 35.5. The van der Waals surface area contributed by atoms with Gasteiger partial charge in [-0.2, -0.15) is 0 Å². The van der Waals surface area contributed by atoms with Crippen LogP contribution in [0.15, 0.2) is 59.2 Å². The number of carbonyl (C=O) groups is 1. The largest absolute Gasteiger partial charge is 0.502 e. The summed E-state index contributed by atoms with van der Waals surface area (Å²) >= 11 is 6.05. The second-order valence-electron chi connectivity index (χ2n) is 6.22. The molecule has 1 amide bonds. The minimum atomic E-state index is -0.884. The summed E-state index contributed by atoms with van der Waals surface area (Å²) in [4.78, 5) is 25.1. The molecule has 28 heavy (non-hydrogen) atoms. The van der Waals surface area contributed by atoms with E-state index in [-0.39, 0.29) is 23.0 Å². The standard InChI is InChI=1S/C19H14ClN3O5/c20-11-8-14(17(24)16(9-11)23(26)27)18-21-15-6-2-1-5-13(15)19(25)22(18)10-12-4-3-7-28-12/h1-9,18,21,24H,10H2/t18-/m0/s1. The normalized spacial score (nSPS) is 15.8. The molecule has 0 saturated carbocycles. The average Bonchev–Trinajstić information content (AvgIpc) is 3.18. The van der Waals surface area contributed by atoms with Crippen molar-refractivity contribution in [2.24, 2.45) is 0 Å². The van der Waals surface area contributed by atoms with Gasteiger partial charge < -0.3 is 19.7 Å². The van der Waals surface area contributed by atoms with E-state index in [1.54, 1.807) is 36.4 Å². The Morgan fingerprint density at radius 1 is 1.25 bits per heavy atom. The Labute approximate surface area is 164 Å². The molecular formula is C19H14ClN3O5. The third-order valence-corrected chi connectivity index (χ3v) is 4.72. The number of anilines is 1. The number of nitrogens with one attached hydrogen (secondary N) is 1. The maximum atomic E-state index is 13.1. The number of halogens is 1. The summed E-state index contributed by atoms with van der Waals surface area (Å²) in [6, 6.07) is 12.8. The summed E-state index contributed by atoms with van der Waals surface area (Å²) < 4.78 is 5.35. The average molecular weight is 400 g/mol. The van der Waals surface area contributed by atoms with Crippen molar-refractivity contribution < 1.29 is 19.2 Å². The molecule has 0 spiro atoms. The Morgan fingerprint density at radius 2 is 2.04 bits per heavy atom. The van der Waals surface area contributed by atoms with E-state index in [0.717, 1.165) is 6.07 Å². The lowest BCUT2D eigenvalue weighted by Crippen LogP contribution is -2.42. The van der Waals surface area contributed by atoms with Crippen molar-refractivity contribution in [3.05, 3.63) is 86.8 Å². The number of nitro groups is 1. The van der Waals surface area contributed by atoms with Crippen LogP contribution in [-0.2, 0) is 6.54 Å². The van der Waals surface area contributed by atoms with Gasteiger partial charge in [0.1, 0.15) is 11.9 Å². The molecule has 8 nitrogen and oxygen atoms in total. The van der Waals surface area contributed by atoms with Crippen LogP contribution in [0.4, 0.5) is 11.4 Å². The van der Waals surface area contributed by atoms with Gasteiger partial charge in [0.2, 0.25) is 5.75 Å². The Balaban J connectivity index is 1.86. The van der Waals surface area contributed by atoms with Gasteiger partial charge in [-0.15, -0.1) is 0 Å². The molecule has 0 saturated heterocycles. The van der Waals surface area contributed by atoms with Crippen LogP contribution in [0.25, 0.3) is 0 Å². The van der Waals surface area contributed by atoms with E-state index in [0.29, 0.717) is 17.0 Å². The topological polar surface area (TPSA) is 109 Å². The van der Waals surface area contributed by atoms with Crippen LogP contribution >= 0.6 is 11.6 Å². The van der Waals surface area contributed by atoms with Gasteiger partial charge in [0.05, 0.1) is 23.3 Å². The molecule has 1 aliphatic heterocycles. The van der Waals surface area contributed by atoms with Crippen LogP contribution in [0.5, 0.6) is 5.75 Å². The molecule has 0 bridgehead atoms. The van der Waals surface area contributed by atoms with Crippen LogP contribution in [0, 0.1) is 10.1 Å². The van der Waals surface area contributed by atoms with Gasteiger partial charge in [-0.05, 0) is 30.3 Å². The van der Waals surface area contributed by atoms with E-state index >= 15 is 0 Å². The number of nitrogens with zero attached hydrogens (tertiary/aromatic N) is 2. The highest BCUT2D eigenvalue weighted by Crippen LogP contribution is 2.42. The Kier molecular flexibility index (Phi) is 4.40. The summed E-state index contributed by atoms with van der Waals surface area (Å²) in [5.41, 5.74) is 0.582. The molecule has 1 aliphatic rings. The summed E-state index contributed by atoms with van der Waals surface area (Å²) in [7, 11) is 0. The van der Waals surface area contributed by atoms with E-state index in [9.17, 15) is 20.0 Å². The van der Waals surface area contributed by atoms with Crippen LogP contribution in [-0.4, -0.2) is 20.8 Å². The van der Waals surface area contributed by atoms with Crippen LogP contribution in [0.3, 0.4) is 0 Å². The monoisotopic (exact) mass is 399 g/mol. The molecule has 142 valence electrons. The third-order valence-electron chi connectivity index (χ3n) is 4.50. The number of benzene rings is 2. The zero-order chi connectivity index (χ0) is 19.8. The molecule has 0 aliphatic carbocycles. The zero-order valence-corrected chi connectivity index (χ0v) is 15.1. The lowest BCUT2D eigenvalue weighted by atomic mass is 10.0. The van der Waals surface area contributed by atoms with E-state index in [1.807, 2.05) is 0 Å². The summed E-state index contributed by atoms with van der Waals surface area (Å²) in [6.07, 6.45) is 0.604. The van der Waals surface area contributed by atoms with Crippen molar-refractivity contribution in [2.75, 3.05) is 5.32 Å². The second-order valence-corrected chi connectivity index (χ2v) is 6.66. The maximum absolute atomic E-state index is 13.1. The molecule has 2 aromatic carbocycles. The first kappa shape index (κ1) is 17.9. The molecule has 2 N–H and O–H groups in total. The number of carbonyl (C=O) groups excluding carboxylic acids is 1. The zero-order valence-electron chi connectivity index (χ0n) is 14.3. The first-order valence-electron chi connectivity index (χ1n) is 8.31. The van der Waals surface area contributed by atoms with Gasteiger partial charge >= 0.3 is 5.69 Å². The molecule has 1 atom stereocenters. The number of phenolic OH excluding ortho intramolecular Hbond substituents is 1. The molecule has 3 aromatic rings. The predicted molar refractivity (Wildman–Crippen MR) is 101 cm³/mol. The highest BCUT2D eigenvalue weighted by Gasteiger charge is 2.36. The second kappa shape index (κ2) is 6.90. The van der Waals surface area contributed by atoms with Gasteiger partial charge in [-0.25, -0.2) is 0 Å². The minimum Gasteiger partial charge on any atom is -0.502 e. The minimum absolute atomic E-state index is 0.0746. The smallest absolute Gasteiger partial charge is 0.312 e. The molecule has 2 heterocycles. The summed E-state index contributed by atoms with van der Waals surface area (Å²) in [5.74, 6) is -0.336. The number of aromatic hydroxyl groups is 1. The highest BCUT2D eigenvalue weighted by molar-refractivity contribution is 6.31. The van der Waals surface area contributed by atoms with E-state index in [2.05, 4.69) is 5.32 Å². The van der Waals surface area contributed by atoms with Crippen molar-refractivity contribution in [1.82, 2.24) is 4.90 Å². The predicted octanol–water partition coefficient (Wildman–Crippen LogP) is 4.31. The van der Waals surface area contributed by atoms with Crippen LogP contribution in [0.1, 0.15) is 27.8 Å². The lowest BCUT2D eigenvalue weighted by molar-refractivity contribution is -0.386. The SMILES string of the molecule is O=C1c2ccccc2N[C@H](c2cc(Cl)cc([N+](=O)[O-])c2O)N1Cc1ccco1. The first-order chi connectivity index (χ1) is 13.5. The number of amides is 1. The number of furan rings is 1. The van der Waals surface area contributed by atoms with Gasteiger partial charge in [0.25, 0.3) is 5.91 Å². The van der Waals surface area contributed by atoms with Crippen molar-refractivity contribution in [3.8, 4) is 5.75 Å². The van der Waals surface area contributed by atoms with Crippen molar-refractivity contribution in [1.29, 1.82) is 0 Å². The van der Waals surface area contributed by atoms with E-state index < -0.39 is 22.5 Å². The van der Waals surface area contributed by atoms with Crippen LogP contribution in [0.2, 0.25) is 5.02 Å². The van der Waals surface area contributed by atoms with Gasteiger partial charge in [0, 0.05) is 22.3 Å². The number of para-hydroxylation sites is 1. The molecule has 9 heteroatoms. The number of hydrogen-bond donors (Lipinski definition) is 2. The Hall–Kier alpha value is -3.52. The molecular weight excluding hydrogens is 386 g/mol. The molecule has 0 radical (unpaired) electrons. The molecule has 0 fully saturated rings. The van der Waals surface area contributed by atoms with Gasteiger partial charge in [0.15, 0.2) is 0 Å². The number of rotatable bonds is 4. The van der Waals surface area contributed by atoms with Crippen LogP contribution < -0.4 is 5.32 Å². The van der Waals surface area contributed by atoms with Gasteiger partial charge in [-0.3, -0.25) is 14.9 Å². The van der Waals surface area contributed by atoms with E-state index in [4.69, 9.17) is 16.0 Å². The lowest BCUT2D eigenvalue weighted by Gasteiger charge is -2.37. The summed E-state index contributed by atoms with van der Waals surface area (Å²) in [6.45, 7) is 0.0948.